The fourth-order valence-electron chi connectivity index (χ4n) is 1.74. The summed E-state index contributed by atoms with van der Waals surface area (Å²) in [7, 11) is 0. The first kappa shape index (κ1) is 14.9. The molecule has 1 aliphatic heterocycles. The summed E-state index contributed by atoms with van der Waals surface area (Å²) >= 11 is 5.80. The number of nitrogens with one attached hydrogen (secondary N) is 1. The van der Waals surface area contributed by atoms with Crippen molar-refractivity contribution in [1.29, 1.82) is 0 Å². The number of anilines is 1. The number of hydrogen-bond acceptors (Lipinski definition) is 6. The Labute approximate surface area is 127 Å². The SMILES string of the molecule is FC(F)(F)c1cccc(-c2ncnc(NC3COC3Cl)n2)n1. The normalized spacial score (nSPS) is 21.3. The van der Waals surface area contributed by atoms with E-state index >= 15 is 0 Å². The topological polar surface area (TPSA) is 72.8 Å². The number of pyridine rings is 1. The summed E-state index contributed by atoms with van der Waals surface area (Å²) in [5, 5.41) is 2.91. The van der Waals surface area contributed by atoms with Crippen molar-refractivity contribution in [1.82, 2.24) is 19.9 Å². The highest BCUT2D eigenvalue weighted by molar-refractivity contribution is 6.20. The van der Waals surface area contributed by atoms with Gasteiger partial charge < -0.3 is 10.1 Å². The lowest BCUT2D eigenvalue weighted by molar-refractivity contribution is -0.141. The van der Waals surface area contributed by atoms with Gasteiger partial charge in [-0.1, -0.05) is 17.7 Å². The molecule has 1 saturated heterocycles. The van der Waals surface area contributed by atoms with E-state index in [1.165, 1.54) is 18.5 Å². The predicted octanol–water partition coefficient (Wildman–Crippen LogP) is 2.33. The van der Waals surface area contributed by atoms with Crippen molar-refractivity contribution >= 4 is 17.5 Å². The van der Waals surface area contributed by atoms with Crippen LogP contribution in [0.5, 0.6) is 0 Å². The molecule has 1 fully saturated rings. The zero-order valence-electron chi connectivity index (χ0n) is 10.9. The number of rotatable bonds is 3. The zero-order valence-corrected chi connectivity index (χ0v) is 11.6. The van der Waals surface area contributed by atoms with Crippen LogP contribution in [0.15, 0.2) is 24.5 Å². The smallest absolute Gasteiger partial charge is 0.358 e. The molecule has 1 N–H and O–H groups in total. The van der Waals surface area contributed by atoms with E-state index in [1.54, 1.807) is 0 Å². The molecule has 1 aliphatic rings. The number of hydrogen-bond donors (Lipinski definition) is 1. The van der Waals surface area contributed by atoms with Crippen molar-refractivity contribution in [3.05, 3.63) is 30.2 Å². The highest BCUT2D eigenvalue weighted by atomic mass is 35.5. The van der Waals surface area contributed by atoms with E-state index in [2.05, 4.69) is 25.3 Å². The molecule has 116 valence electrons. The first-order valence-electron chi connectivity index (χ1n) is 6.19. The molecule has 0 spiro atoms. The zero-order chi connectivity index (χ0) is 15.7. The first-order valence-corrected chi connectivity index (χ1v) is 6.63. The Kier molecular flexibility index (Phi) is 3.83. The van der Waals surface area contributed by atoms with E-state index in [4.69, 9.17) is 16.3 Å². The quantitative estimate of drug-likeness (QED) is 0.870. The van der Waals surface area contributed by atoms with Gasteiger partial charge in [-0.2, -0.15) is 18.2 Å². The lowest BCUT2D eigenvalue weighted by Gasteiger charge is -2.32. The minimum atomic E-state index is -4.53. The number of halogens is 4. The fraction of sp³-hybridized carbons (Fsp3) is 0.333. The highest BCUT2D eigenvalue weighted by Crippen LogP contribution is 2.28. The van der Waals surface area contributed by atoms with Gasteiger partial charge in [0.2, 0.25) is 5.95 Å². The van der Waals surface area contributed by atoms with Gasteiger partial charge in [0, 0.05) is 0 Å². The molecule has 6 nitrogen and oxygen atoms in total. The van der Waals surface area contributed by atoms with Crippen LogP contribution in [0.25, 0.3) is 11.5 Å². The third kappa shape index (κ3) is 3.09. The average molecular weight is 332 g/mol. The summed E-state index contributed by atoms with van der Waals surface area (Å²) < 4.78 is 43.0. The van der Waals surface area contributed by atoms with E-state index < -0.39 is 17.4 Å². The van der Waals surface area contributed by atoms with Gasteiger partial charge in [0.25, 0.3) is 0 Å². The van der Waals surface area contributed by atoms with Crippen molar-refractivity contribution in [3.63, 3.8) is 0 Å². The van der Waals surface area contributed by atoms with Crippen molar-refractivity contribution in [2.24, 2.45) is 0 Å². The molecular formula is C12H9ClF3N5O. The van der Waals surface area contributed by atoms with Gasteiger partial charge in [0.1, 0.15) is 17.7 Å². The number of ether oxygens (including phenoxy) is 1. The molecule has 0 aromatic carbocycles. The first-order chi connectivity index (χ1) is 10.4. The van der Waals surface area contributed by atoms with E-state index in [0.717, 1.165) is 6.07 Å². The number of nitrogens with zero attached hydrogens (tertiary/aromatic N) is 4. The van der Waals surface area contributed by atoms with Gasteiger partial charge >= 0.3 is 6.18 Å². The Bertz CT molecular complexity index is 684. The Morgan fingerprint density at radius 1 is 1.23 bits per heavy atom. The lowest BCUT2D eigenvalue weighted by Crippen LogP contribution is -2.47. The third-order valence-corrected chi connectivity index (χ3v) is 3.34. The van der Waals surface area contributed by atoms with Gasteiger partial charge in [0.05, 0.1) is 12.6 Å². The number of aromatic nitrogens is 4. The molecule has 22 heavy (non-hydrogen) atoms. The summed E-state index contributed by atoms with van der Waals surface area (Å²) in [6.45, 7) is 0.400. The van der Waals surface area contributed by atoms with Gasteiger partial charge in [0.15, 0.2) is 11.4 Å². The van der Waals surface area contributed by atoms with E-state index in [1.807, 2.05) is 0 Å². The van der Waals surface area contributed by atoms with Gasteiger partial charge in [-0.05, 0) is 12.1 Å². The second-order valence-electron chi connectivity index (χ2n) is 4.47. The number of alkyl halides is 4. The van der Waals surface area contributed by atoms with Crippen LogP contribution in [-0.4, -0.2) is 38.1 Å². The Balaban J connectivity index is 1.85. The van der Waals surface area contributed by atoms with Crippen LogP contribution in [0.1, 0.15) is 5.69 Å². The van der Waals surface area contributed by atoms with Crippen LogP contribution in [0.2, 0.25) is 0 Å². The molecule has 2 unspecified atom stereocenters. The van der Waals surface area contributed by atoms with Crippen molar-refractivity contribution in [2.45, 2.75) is 17.8 Å². The van der Waals surface area contributed by atoms with E-state index in [-0.39, 0.29) is 23.5 Å². The lowest BCUT2D eigenvalue weighted by atomic mass is 10.2. The van der Waals surface area contributed by atoms with Gasteiger partial charge in [-0.3, -0.25) is 0 Å². The monoisotopic (exact) mass is 331 g/mol. The van der Waals surface area contributed by atoms with E-state index in [0.29, 0.717) is 6.61 Å². The van der Waals surface area contributed by atoms with Crippen molar-refractivity contribution in [2.75, 3.05) is 11.9 Å². The highest BCUT2D eigenvalue weighted by Gasteiger charge is 2.33. The molecule has 0 aliphatic carbocycles. The van der Waals surface area contributed by atoms with Crippen LogP contribution in [0.3, 0.4) is 0 Å². The summed E-state index contributed by atoms with van der Waals surface area (Å²) in [5.74, 6) is 0.234. The molecule has 2 aromatic heterocycles. The van der Waals surface area contributed by atoms with E-state index in [9.17, 15) is 13.2 Å². The molecule has 3 heterocycles. The maximum atomic E-state index is 12.7. The maximum Gasteiger partial charge on any atom is 0.433 e. The summed E-state index contributed by atoms with van der Waals surface area (Å²) in [6, 6.07) is 3.36. The average Bonchev–Trinajstić information content (AvgIpc) is 2.51. The van der Waals surface area contributed by atoms with Crippen molar-refractivity contribution in [3.8, 4) is 11.5 Å². The third-order valence-electron chi connectivity index (χ3n) is 2.91. The summed E-state index contributed by atoms with van der Waals surface area (Å²) in [4.78, 5) is 15.3. The van der Waals surface area contributed by atoms with Crippen LogP contribution < -0.4 is 5.32 Å². The maximum absolute atomic E-state index is 12.7. The van der Waals surface area contributed by atoms with Crippen LogP contribution in [0.4, 0.5) is 19.1 Å². The molecule has 0 bridgehead atoms. The molecule has 2 atom stereocenters. The Morgan fingerprint density at radius 3 is 2.68 bits per heavy atom. The van der Waals surface area contributed by atoms with Gasteiger partial charge in [-0.15, -0.1) is 0 Å². The molecular weight excluding hydrogens is 323 g/mol. The van der Waals surface area contributed by atoms with Crippen LogP contribution in [0, 0.1) is 0 Å². The second-order valence-corrected chi connectivity index (χ2v) is 4.90. The summed E-state index contributed by atoms with van der Waals surface area (Å²) in [6.07, 6.45) is -3.34. The standard InChI is InChI=1S/C12H9ClF3N5O/c13-9-7(4-22-9)20-11-18-5-17-10(21-11)6-2-1-3-8(19-6)12(14,15)16/h1-3,5,7,9H,4H2,(H,17,18,20,21). The minimum Gasteiger partial charge on any atom is -0.358 e. The summed E-state index contributed by atoms with van der Waals surface area (Å²) in [5.41, 5.74) is -1.49. The molecule has 0 saturated carbocycles. The Hall–Kier alpha value is -2.00. The van der Waals surface area contributed by atoms with Crippen LogP contribution in [-0.2, 0) is 10.9 Å². The van der Waals surface area contributed by atoms with Crippen LogP contribution >= 0.6 is 11.6 Å². The predicted molar refractivity (Wildman–Crippen MR) is 71.1 cm³/mol. The molecule has 0 amide bonds. The Morgan fingerprint density at radius 2 is 2.05 bits per heavy atom. The van der Waals surface area contributed by atoms with Crippen molar-refractivity contribution < 1.29 is 17.9 Å². The fourth-order valence-corrected chi connectivity index (χ4v) is 1.95. The van der Waals surface area contributed by atoms with Gasteiger partial charge in [-0.25, -0.2) is 15.0 Å². The largest absolute Gasteiger partial charge is 0.433 e. The molecule has 10 heteroatoms. The second kappa shape index (κ2) is 5.65. The molecule has 3 rings (SSSR count). The molecule has 2 aromatic rings. The minimum absolute atomic E-state index is 0.00700. The molecule has 0 radical (unpaired) electrons.